The van der Waals surface area contributed by atoms with E-state index in [-0.39, 0.29) is 0 Å². The number of aromatic nitrogens is 2. The van der Waals surface area contributed by atoms with Crippen molar-refractivity contribution in [2.24, 2.45) is 0 Å². The van der Waals surface area contributed by atoms with Gasteiger partial charge in [-0.25, -0.2) is 0 Å². The Labute approximate surface area is 150 Å². The molecule has 1 heterocycles. The standard InChI is InChI=1S/C18H18N2O4S/c1-21-14-9-7-13(8-10-14)17-19-20-18(24-17)25-12-11-23-16-6-4-3-5-15(16)22-2/h3-10H,11-12H2,1-2H3. The summed E-state index contributed by atoms with van der Waals surface area (Å²) >= 11 is 1.45. The Hall–Kier alpha value is -2.67. The Morgan fingerprint density at radius 3 is 2.40 bits per heavy atom. The molecule has 6 nitrogen and oxygen atoms in total. The molecule has 0 bridgehead atoms. The number of benzene rings is 2. The van der Waals surface area contributed by atoms with E-state index in [1.165, 1.54) is 11.8 Å². The molecule has 0 aliphatic heterocycles. The second kappa shape index (κ2) is 8.43. The number of para-hydroxylation sites is 2. The fourth-order valence-corrected chi connectivity index (χ4v) is 2.71. The maximum atomic E-state index is 5.72. The zero-order chi connectivity index (χ0) is 17.5. The Bertz CT molecular complexity index is 805. The topological polar surface area (TPSA) is 66.6 Å². The first-order valence-corrected chi connectivity index (χ1v) is 8.65. The first-order valence-electron chi connectivity index (χ1n) is 7.66. The Balaban J connectivity index is 1.51. The number of methoxy groups -OCH3 is 2. The minimum absolute atomic E-state index is 0.482. The number of rotatable bonds is 8. The Morgan fingerprint density at radius 1 is 0.920 bits per heavy atom. The number of ether oxygens (including phenoxy) is 3. The second-order valence-electron chi connectivity index (χ2n) is 4.95. The van der Waals surface area contributed by atoms with Crippen LogP contribution in [0, 0.1) is 0 Å². The van der Waals surface area contributed by atoms with Gasteiger partial charge in [-0.05, 0) is 36.4 Å². The molecule has 0 radical (unpaired) electrons. The smallest absolute Gasteiger partial charge is 0.276 e. The van der Waals surface area contributed by atoms with Crippen LogP contribution in [0.3, 0.4) is 0 Å². The van der Waals surface area contributed by atoms with Crippen molar-refractivity contribution >= 4 is 11.8 Å². The molecule has 1 aromatic heterocycles. The molecule has 0 atom stereocenters. The predicted molar refractivity (Wildman–Crippen MR) is 95.5 cm³/mol. The molecule has 7 heteroatoms. The number of hydrogen-bond acceptors (Lipinski definition) is 7. The molecular formula is C18H18N2O4S. The summed E-state index contributed by atoms with van der Waals surface area (Å²) in [5, 5.41) is 8.62. The van der Waals surface area contributed by atoms with Crippen LogP contribution in [-0.2, 0) is 0 Å². The van der Waals surface area contributed by atoms with Gasteiger partial charge in [0.15, 0.2) is 11.5 Å². The van der Waals surface area contributed by atoms with Crippen LogP contribution in [0.2, 0.25) is 0 Å². The molecule has 0 fully saturated rings. The maximum absolute atomic E-state index is 5.72. The summed E-state index contributed by atoms with van der Waals surface area (Å²) in [5.41, 5.74) is 0.852. The molecule has 0 N–H and O–H groups in total. The monoisotopic (exact) mass is 358 g/mol. The summed E-state index contributed by atoms with van der Waals surface area (Å²) in [6.45, 7) is 0.505. The van der Waals surface area contributed by atoms with Crippen LogP contribution in [0.15, 0.2) is 58.2 Å². The first kappa shape index (κ1) is 17.2. The zero-order valence-corrected chi connectivity index (χ0v) is 14.8. The van der Waals surface area contributed by atoms with E-state index in [0.29, 0.717) is 29.2 Å². The highest BCUT2D eigenvalue weighted by molar-refractivity contribution is 7.99. The lowest BCUT2D eigenvalue weighted by Gasteiger charge is -2.09. The molecule has 3 rings (SSSR count). The molecule has 0 unspecified atom stereocenters. The molecule has 0 saturated carbocycles. The van der Waals surface area contributed by atoms with Crippen molar-refractivity contribution in [1.29, 1.82) is 0 Å². The van der Waals surface area contributed by atoms with Crippen LogP contribution in [0.4, 0.5) is 0 Å². The van der Waals surface area contributed by atoms with Crippen LogP contribution < -0.4 is 14.2 Å². The lowest BCUT2D eigenvalue weighted by atomic mass is 10.2. The highest BCUT2D eigenvalue weighted by atomic mass is 32.2. The largest absolute Gasteiger partial charge is 0.497 e. The van der Waals surface area contributed by atoms with Crippen LogP contribution in [0.1, 0.15) is 0 Å². The quantitative estimate of drug-likeness (QED) is 0.446. The maximum Gasteiger partial charge on any atom is 0.276 e. The van der Waals surface area contributed by atoms with Gasteiger partial charge in [0.1, 0.15) is 5.75 Å². The van der Waals surface area contributed by atoms with E-state index in [1.54, 1.807) is 14.2 Å². The van der Waals surface area contributed by atoms with E-state index in [2.05, 4.69) is 10.2 Å². The van der Waals surface area contributed by atoms with Crippen molar-refractivity contribution in [3.8, 4) is 28.7 Å². The van der Waals surface area contributed by atoms with Crippen molar-refractivity contribution < 1.29 is 18.6 Å². The Morgan fingerprint density at radius 2 is 1.68 bits per heavy atom. The van der Waals surface area contributed by atoms with Gasteiger partial charge in [0, 0.05) is 11.3 Å². The van der Waals surface area contributed by atoms with Gasteiger partial charge in [0.2, 0.25) is 5.89 Å². The second-order valence-corrected chi connectivity index (χ2v) is 6.00. The summed E-state index contributed by atoms with van der Waals surface area (Å²) in [7, 11) is 3.25. The summed E-state index contributed by atoms with van der Waals surface area (Å²) in [4.78, 5) is 0. The summed E-state index contributed by atoms with van der Waals surface area (Å²) in [6.07, 6.45) is 0. The number of thioether (sulfide) groups is 1. The highest BCUT2D eigenvalue weighted by Crippen LogP contribution is 2.27. The molecular weight excluding hydrogens is 340 g/mol. The van der Waals surface area contributed by atoms with Gasteiger partial charge < -0.3 is 18.6 Å². The molecule has 25 heavy (non-hydrogen) atoms. The Kier molecular flexibility index (Phi) is 5.79. The van der Waals surface area contributed by atoms with Gasteiger partial charge in [-0.3, -0.25) is 0 Å². The van der Waals surface area contributed by atoms with Gasteiger partial charge in [-0.15, -0.1) is 10.2 Å². The van der Waals surface area contributed by atoms with E-state index in [9.17, 15) is 0 Å². The molecule has 0 amide bonds. The van der Waals surface area contributed by atoms with Gasteiger partial charge in [0.25, 0.3) is 5.22 Å². The van der Waals surface area contributed by atoms with Crippen molar-refractivity contribution in [2.75, 3.05) is 26.6 Å². The normalized spacial score (nSPS) is 10.5. The van der Waals surface area contributed by atoms with E-state index in [1.807, 2.05) is 48.5 Å². The number of hydrogen-bond donors (Lipinski definition) is 0. The van der Waals surface area contributed by atoms with Gasteiger partial charge in [0.05, 0.1) is 20.8 Å². The van der Waals surface area contributed by atoms with E-state index in [0.717, 1.165) is 17.1 Å². The predicted octanol–water partition coefficient (Wildman–Crippen LogP) is 3.92. The molecule has 3 aromatic rings. The van der Waals surface area contributed by atoms with Crippen LogP contribution in [-0.4, -0.2) is 36.8 Å². The van der Waals surface area contributed by atoms with Gasteiger partial charge >= 0.3 is 0 Å². The SMILES string of the molecule is COc1ccc(-c2nnc(SCCOc3ccccc3OC)o2)cc1. The molecule has 2 aromatic carbocycles. The fraction of sp³-hybridized carbons (Fsp3) is 0.222. The first-order chi connectivity index (χ1) is 12.3. The lowest BCUT2D eigenvalue weighted by Crippen LogP contribution is -2.01. The van der Waals surface area contributed by atoms with Crippen molar-refractivity contribution in [3.63, 3.8) is 0 Å². The van der Waals surface area contributed by atoms with E-state index >= 15 is 0 Å². The molecule has 0 aliphatic carbocycles. The van der Waals surface area contributed by atoms with Crippen molar-refractivity contribution in [1.82, 2.24) is 10.2 Å². The molecule has 0 spiro atoms. The molecule has 0 saturated heterocycles. The average Bonchev–Trinajstić information content (AvgIpc) is 3.14. The number of nitrogens with zero attached hydrogens (tertiary/aromatic N) is 2. The summed E-state index contributed by atoms with van der Waals surface area (Å²) in [6, 6.07) is 15.0. The minimum Gasteiger partial charge on any atom is -0.497 e. The van der Waals surface area contributed by atoms with Crippen LogP contribution >= 0.6 is 11.8 Å². The van der Waals surface area contributed by atoms with Gasteiger partial charge in [-0.1, -0.05) is 23.9 Å². The van der Waals surface area contributed by atoms with E-state index < -0.39 is 0 Å². The lowest BCUT2D eigenvalue weighted by molar-refractivity contribution is 0.313. The minimum atomic E-state index is 0.482. The third kappa shape index (κ3) is 4.45. The molecule has 0 aliphatic rings. The third-order valence-electron chi connectivity index (χ3n) is 3.38. The average molecular weight is 358 g/mol. The highest BCUT2D eigenvalue weighted by Gasteiger charge is 2.09. The van der Waals surface area contributed by atoms with Crippen molar-refractivity contribution in [3.05, 3.63) is 48.5 Å². The van der Waals surface area contributed by atoms with Crippen LogP contribution in [0.5, 0.6) is 17.2 Å². The molecule has 130 valence electrons. The van der Waals surface area contributed by atoms with E-state index in [4.69, 9.17) is 18.6 Å². The van der Waals surface area contributed by atoms with Gasteiger partial charge in [-0.2, -0.15) is 0 Å². The summed E-state index contributed by atoms with van der Waals surface area (Å²) < 4.78 is 21.8. The van der Waals surface area contributed by atoms with Crippen LogP contribution in [0.25, 0.3) is 11.5 Å². The van der Waals surface area contributed by atoms with Crippen molar-refractivity contribution in [2.45, 2.75) is 5.22 Å². The third-order valence-corrected chi connectivity index (χ3v) is 4.16. The summed E-state index contributed by atoms with van der Waals surface area (Å²) in [5.74, 6) is 3.38. The fourth-order valence-electron chi connectivity index (χ4n) is 2.14. The zero-order valence-electron chi connectivity index (χ0n) is 14.0.